The highest BCUT2D eigenvalue weighted by Gasteiger charge is 2.32. The molecule has 1 saturated carbocycles. The van der Waals surface area contributed by atoms with E-state index in [-0.39, 0.29) is 30.0 Å². The number of carbonyl (C=O) groups excluding carboxylic acids is 1. The SMILES string of the molecule is CCCCN(C)CC(=O)N(c1c(N)n(CCCC)c(=O)[nH]c1=O)C1CCCC1. The number of hydrogen-bond acceptors (Lipinski definition) is 5. The van der Waals surface area contributed by atoms with Gasteiger partial charge in [0.2, 0.25) is 5.91 Å². The third kappa shape index (κ3) is 5.25. The lowest BCUT2D eigenvalue weighted by atomic mass is 10.1. The maximum absolute atomic E-state index is 13.2. The summed E-state index contributed by atoms with van der Waals surface area (Å²) in [6.07, 6.45) is 7.47. The molecule has 1 amide bonds. The molecule has 1 aliphatic rings. The Morgan fingerprint density at radius 1 is 1.18 bits per heavy atom. The second-order valence-electron chi connectivity index (χ2n) is 7.79. The normalized spacial score (nSPS) is 14.7. The molecule has 1 aliphatic carbocycles. The minimum atomic E-state index is -0.577. The molecular weight excluding hydrogens is 358 g/mol. The summed E-state index contributed by atoms with van der Waals surface area (Å²) in [5, 5.41) is 0. The lowest BCUT2D eigenvalue weighted by Crippen LogP contribution is -2.48. The molecule has 0 bridgehead atoms. The van der Waals surface area contributed by atoms with Crippen molar-refractivity contribution in [2.45, 2.75) is 77.8 Å². The van der Waals surface area contributed by atoms with E-state index in [0.29, 0.717) is 6.54 Å². The number of rotatable bonds is 10. The quantitative estimate of drug-likeness (QED) is 0.632. The summed E-state index contributed by atoms with van der Waals surface area (Å²) < 4.78 is 1.39. The van der Waals surface area contributed by atoms with Gasteiger partial charge in [0.15, 0.2) is 5.69 Å². The van der Waals surface area contributed by atoms with E-state index >= 15 is 0 Å². The van der Waals surface area contributed by atoms with E-state index in [4.69, 9.17) is 5.73 Å². The molecule has 0 unspecified atom stereocenters. The molecule has 1 aromatic heterocycles. The maximum atomic E-state index is 13.2. The topological polar surface area (TPSA) is 104 Å². The Bertz CT molecular complexity index is 764. The van der Waals surface area contributed by atoms with Crippen LogP contribution in [0.15, 0.2) is 9.59 Å². The molecule has 0 aliphatic heterocycles. The summed E-state index contributed by atoms with van der Waals surface area (Å²) in [7, 11) is 1.91. The van der Waals surface area contributed by atoms with Crippen LogP contribution in [0.25, 0.3) is 0 Å². The number of nitrogens with one attached hydrogen (secondary N) is 1. The first kappa shape index (κ1) is 22.2. The van der Waals surface area contributed by atoms with Crippen LogP contribution < -0.4 is 21.9 Å². The molecule has 0 aromatic carbocycles. The Morgan fingerprint density at radius 3 is 2.43 bits per heavy atom. The lowest BCUT2D eigenvalue weighted by molar-refractivity contribution is -0.120. The molecule has 0 saturated heterocycles. The van der Waals surface area contributed by atoms with E-state index in [1.165, 1.54) is 4.57 Å². The maximum Gasteiger partial charge on any atom is 0.330 e. The number of anilines is 2. The fraction of sp³-hybridized carbons (Fsp3) is 0.750. The second-order valence-corrected chi connectivity index (χ2v) is 7.79. The zero-order chi connectivity index (χ0) is 20.7. The van der Waals surface area contributed by atoms with Gasteiger partial charge in [0.1, 0.15) is 5.82 Å². The van der Waals surface area contributed by atoms with Crippen LogP contribution in [-0.4, -0.2) is 46.5 Å². The zero-order valence-corrected chi connectivity index (χ0v) is 17.5. The van der Waals surface area contributed by atoms with Gasteiger partial charge in [-0.05, 0) is 39.3 Å². The van der Waals surface area contributed by atoms with Crippen LogP contribution in [0.5, 0.6) is 0 Å². The van der Waals surface area contributed by atoms with Crippen molar-refractivity contribution < 1.29 is 4.79 Å². The fourth-order valence-electron chi connectivity index (χ4n) is 3.84. The highest BCUT2D eigenvalue weighted by atomic mass is 16.2. The number of carbonyl (C=O) groups is 1. The minimum Gasteiger partial charge on any atom is -0.383 e. The summed E-state index contributed by atoms with van der Waals surface area (Å²) in [5.41, 5.74) is 5.32. The number of H-pyrrole nitrogens is 1. The van der Waals surface area contributed by atoms with Crippen molar-refractivity contribution in [3.63, 3.8) is 0 Å². The molecule has 3 N–H and O–H groups in total. The highest BCUT2D eigenvalue weighted by molar-refractivity contribution is 5.97. The third-order valence-corrected chi connectivity index (χ3v) is 5.45. The Kier molecular flexibility index (Phi) is 8.29. The number of aromatic nitrogens is 2. The van der Waals surface area contributed by atoms with Gasteiger partial charge in [-0.15, -0.1) is 0 Å². The number of unbranched alkanes of at least 4 members (excludes halogenated alkanes) is 2. The lowest BCUT2D eigenvalue weighted by Gasteiger charge is -2.31. The summed E-state index contributed by atoms with van der Waals surface area (Å²) >= 11 is 0. The Balaban J connectivity index is 2.42. The molecule has 8 nitrogen and oxygen atoms in total. The van der Waals surface area contributed by atoms with E-state index in [9.17, 15) is 14.4 Å². The first-order valence-corrected chi connectivity index (χ1v) is 10.5. The number of hydrogen-bond donors (Lipinski definition) is 2. The first-order chi connectivity index (χ1) is 13.4. The largest absolute Gasteiger partial charge is 0.383 e. The predicted molar refractivity (Wildman–Crippen MR) is 113 cm³/mol. The van der Waals surface area contributed by atoms with E-state index in [0.717, 1.165) is 57.9 Å². The van der Waals surface area contributed by atoms with Crippen LogP contribution in [0, 0.1) is 0 Å². The molecule has 158 valence electrons. The monoisotopic (exact) mass is 393 g/mol. The first-order valence-electron chi connectivity index (χ1n) is 10.5. The molecule has 0 spiro atoms. The van der Waals surface area contributed by atoms with Crippen LogP contribution in [0.4, 0.5) is 11.5 Å². The van der Waals surface area contributed by atoms with E-state index in [1.54, 1.807) is 4.90 Å². The van der Waals surface area contributed by atoms with Gasteiger partial charge in [0.05, 0.1) is 6.54 Å². The predicted octanol–water partition coefficient (Wildman–Crippen LogP) is 1.93. The van der Waals surface area contributed by atoms with Crippen LogP contribution in [0.3, 0.4) is 0 Å². The molecule has 2 rings (SSSR count). The van der Waals surface area contributed by atoms with Crippen molar-refractivity contribution in [2.75, 3.05) is 30.8 Å². The van der Waals surface area contributed by atoms with Gasteiger partial charge in [-0.1, -0.05) is 39.5 Å². The molecule has 0 radical (unpaired) electrons. The molecule has 1 fully saturated rings. The molecule has 0 atom stereocenters. The highest BCUT2D eigenvalue weighted by Crippen LogP contribution is 2.29. The van der Waals surface area contributed by atoms with Crippen LogP contribution in [0.2, 0.25) is 0 Å². The number of amides is 1. The van der Waals surface area contributed by atoms with Crippen molar-refractivity contribution in [2.24, 2.45) is 0 Å². The van der Waals surface area contributed by atoms with Crippen LogP contribution >= 0.6 is 0 Å². The average Bonchev–Trinajstić information content (AvgIpc) is 3.17. The van der Waals surface area contributed by atoms with Gasteiger partial charge < -0.3 is 10.6 Å². The molecule has 1 aromatic rings. The number of nitrogens with zero attached hydrogens (tertiary/aromatic N) is 3. The Hall–Kier alpha value is -2.09. The number of nitrogen functional groups attached to an aromatic ring is 1. The Morgan fingerprint density at radius 2 is 1.82 bits per heavy atom. The van der Waals surface area contributed by atoms with Gasteiger partial charge in [-0.2, -0.15) is 0 Å². The summed E-state index contributed by atoms with van der Waals surface area (Å²) in [5.74, 6) is -0.0398. The standard InChI is InChI=1S/C20H35N5O3/c1-4-6-12-23(3)14-16(26)25(15-10-8-9-11-15)17-18(21)24(13-7-5-2)20(28)22-19(17)27/h15H,4-14,21H2,1-3H3,(H,22,27,28). The molecule has 1 heterocycles. The van der Waals surface area contributed by atoms with Gasteiger partial charge in [-0.25, -0.2) is 4.79 Å². The van der Waals surface area contributed by atoms with Crippen molar-refractivity contribution in [1.29, 1.82) is 0 Å². The zero-order valence-electron chi connectivity index (χ0n) is 17.5. The van der Waals surface area contributed by atoms with Gasteiger partial charge >= 0.3 is 5.69 Å². The van der Waals surface area contributed by atoms with Crippen molar-refractivity contribution in [3.05, 3.63) is 20.8 Å². The van der Waals surface area contributed by atoms with Gasteiger partial charge in [0.25, 0.3) is 5.56 Å². The van der Waals surface area contributed by atoms with Crippen molar-refractivity contribution in [1.82, 2.24) is 14.5 Å². The minimum absolute atomic E-state index is 0.0485. The number of aromatic amines is 1. The Labute approximate surface area is 166 Å². The smallest absolute Gasteiger partial charge is 0.330 e. The summed E-state index contributed by atoms with van der Waals surface area (Å²) in [6.45, 7) is 5.61. The van der Waals surface area contributed by atoms with E-state index < -0.39 is 11.2 Å². The molecular formula is C20H35N5O3. The van der Waals surface area contributed by atoms with E-state index in [1.807, 2.05) is 18.9 Å². The van der Waals surface area contributed by atoms with Crippen molar-refractivity contribution in [3.8, 4) is 0 Å². The number of nitrogens with two attached hydrogens (primary N) is 1. The van der Waals surface area contributed by atoms with Gasteiger partial charge in [0, 0.05) is 12.6 Å². The molecule has 28 heavy (non-hydrogen) atoms. The van der Waals surface area contributed by atoms with Gasteiger partial charge in [-0.3, -0.25) is 24.0 Å². The summed E-state index contributed by atoms with van der Waals surface area (Å²) in [4.78, 5) is 44.1. The van der Waals surface area contributed by atoms with Crippen LogP contribution in [0.1, 0.15) is 65.2 Å². The third-order valence-electron chi connectivity index (χ3n) is 5.45. The summed E-state index contributed by atoms with van der Waals surface area (Å²) in [6, 6.07) is -0.0485. The fourth-order valence-corrected chi connectivity index (χ4v) is 3.84. The molecule has 8 heteroatoms. The second kappa shape index (κ2) is 10.5. The van der Waals surface area contributed by atoms with E-state index in [2.05, 4.69) is 11.9 Å². The van der Waals surface area contributed by atoms with Crippen molar-refractivity contribution >= 4 is 17.4 Å². The van der Waals surface area contributed by atoms with Crippen LogP contribution in [-0.2, 0) is 11.3 Å². The number of likely N-dealkylation sites (N-methyl/N-ethyl adjacent to an activating group) is 1. The average molecular weight is 394 g/mol.